The van der Waals surface area contributed by atoms with Crippen molar-refractivity contribution >= 4 is 34.8 Å². The highest BCUT2D eigenvalue weighted by Gasteiger charge is 2.16. The topological polar surface area (TPSA) is 54.5 Å². The quantitative estimate of drug-likeness (QED) is 0.881. The molecule has 0 aromatic carbocycles. The monoisotopic (exact) mass is 315 g/mol. The van der Waals surface area contributed by atoms with E-state index >= 15 is 0 Å². The molecule has 22 heavy (non-hydrogen) atoms. The van der Waals surface area contributed by atoms with Crippen LogP contribution in [0.5, 0.6) is 0 Å². The second kappa shape index (κ2) is 7.20. The van der Waals surface area contributed by atoms with Crippen LogP contribution in [-0.4, -0.2) is 37.2 Å². The van der Waals surface area contributed by atoms with E-state index in [1.807, 2.05) is 29.0 Å². The summed E-state index contributed by atoms with van der Waals surface area (Å²) in [6, 6.07) is 5.66. The van der Waals surface area contributed by atoms with Gasteiger partial charge in [0.1, 0.15) is 0 Å². The summed E-state index contributed by atoms with van der Waals surface area (Å²) >= 11 is 1.61. The Morgan fingerprint density at radius 3 is 3.00 bits per heavy atom. The molecule has 1 aliphatic rings. The number of morpholine rings is 1. The van der Waals surface area contributed by atoms with Crippen molar-refractivity contribution in [3.05, 3.63) is 46.8 Å². The maximum atomic E-state index is 12.1. The number of hydrogen-bond acceptors (Lipinski definition) is 5. The third-order valence-electron chi connectivity index (χ3n) is 3.33. The number of aromatic nitrogens is 1. The van der Waals surface area contributed by atoms with Gasteiger partial charge in [0.2, 0.25) is 5.91 Å². The van der Waals surface area contributed by atoms with E-state index in [0.29, 0.717) is 13.2 Å². The molecule has 0 saturated carbocycles. The highest BCUT2D eigenvalue weighted by molar-refractivity contribution is 7.08. The number of pyridine rings is 1. The summed E-state index contributed by atoms with van der Waals surface area (Å²) in [6.07, 6.45) is 5.08. The van der Waals surface area contributed by atoms with E-state index in [-0.39, 0.29) is 5.91 Å². The molecule has 0 spiro atoms. The molecule has 2 aromatic heterocycles. The largest absolute Gasteiger partial charge is 0.378 e. The van der Waals surface area contributed by atoms with Crippen LogP contribution < -0.4 is 10.2 Å². The van der Waals surface area contributed by atoms with Crippen molar-refractivity contribution < 1.29 is 9.53 Å². The number of ether oxygens (including phenoxy) is 1. The van der Waals surface area contributed by atoms with Crippen LogP contribution in [0.25, 0.3) is 6.08 Å². The minimum atomic E-state index is -0.159. The molecule has 1 N–H and O–H groups in total. The number of nitrogens with zero attached hydrogens (tertiary/aromatic N) is 2. The number of rotatable bonds is 4. The van der Waals surface area contributed by atoms with Crippen molar-refractivity contribution in [2.75, 3.05) is 36.5 Å². The van der Waals surface area contributed by atoms with E-state index in [4.69, 9.17) is 4.74 Å². The fourth-order valence-corrected chi connectivity index (χ4v) is 2.87. The van der Waals surface area contributed by atoms with Gasteiger partial charge in [-0.05, 0) is 40.6 Å². The van der Waals surface area contributed by atoms with Crippen LogP contribution in [0.15, 0.2) is 41.2 Å². The van der Waals surface area contributed by atoms with Gasteiger partial charge in [-0.1, -0.05) is 0 Å². The fraction of sp³-hybridized carbons (Fsp3) is 0.250. The SMILES string of the molecule is O=C(/C=C/c1ccsc1)Nc1cccnc1N1CCOCC1. The lowest BCUT2D eigenvalue weighted by atomic mass is 10.3. The smallest absolute Gasteiger partial charge is 0.248 e. The molecule has 3 heterocycles. The summed E-state index contributed by atoms with van der Waals surface area (Å²) in [7, 11) is 0. The molecule has 1 fully saturated rings. The molecule has 0 unspecified atom stereocenters. The first-order valence-electron chi connectivity index (χ1n) is 7.12. The first-order valence-corrected chi connectivity index (χ1v) is 8.06. The number of hydrogen-bond donors (Lipinski definition) is 1. The Morgan fingerprint density at radius 2 is 2.23 bits per heavy atom. The molecule has 0 atom stereocenters. The Labute approximate surface area is 133 Å². The zero-order valence-electron chi connectivity index (χ0n) is 12.1. The average Bonchev–Trinajstić information content (AvgIpc) is 3.08. The van der Waals surface area contributed by atoms with Crippen molar-refractivity contribution in [1.29, 1.82) is 0 Å². The third-order valence-corrected chi connectivity index (χ3v) is 4.03. The highest BCUT2D eigenvalue weighted by Crippen LogP contribution is 2.23. The third kappa shape index (κ3) is 3.72. The molecule has 0 radical (unpaired) electrons. The van der Waals surface area contributed by atoms with Gasteiger partial charge in [-0.3, -0.25) is 4.79 Å². The van der Waals surface area contributed by atoms with E-state index in [9.17, 15) is 4.79 Å². The normalized spacial score (nSPS) is 15.2. The summed E-state index contributed by atoms with van der Waals surface area (Å²) < 4.78 is 5.36. The molecular formula is C16H17N3O2S. The number of carbonyl (C=O) groups excluding carboxylic acids is 1. The van der Waals surface area contributed by atoms with Gasteiger partial charge in [-0.2, -0.15) is 11.3 Å². The van der Waals surface area contributed by atoms with Crippen LogP contribution in [0.1, 0.15) is 5.56 Å². The number of nitrogens with one attached hydrogen (secondary N) is 1. The second-order valence-electron chi connectivity index (χ2n) is 4.85. The van der Waals surface area contributed by atoms with Gasteiger partial charge in [0.15, 0.2) is 5.82 Å². The minimum absolute atomic E-state index is 0.159. The molecule has 2 aromatic rings. The minimum Gasteiger partial charge on any atom is -0.378 e. The first kappa shape index (κ1) is 14.7. The summed E-state index contributed by atoms with van der Waals surface area (Å²) in [5, 5.41) is 6.88. The van der Waals surface area contributed by atoms with Gasteiger partial charge in [-0.25, -0.2) is 4.98 Å². The van der Waals surface area contributed by atoms with Crippen LogP contribution in [0.3, 0.4) is 0 Å². The maximum absolute atomic E-state index is 12.1. The predicted octanol–water partition coefficient (Wildman–Crippen LogP) is 2.63. The van der Waals surface area contributed by atoms with Crippen molar-refractivity contribution in [1.82, 2.24) is 4.98 Å². The van der Waals surface area contributed by atoms with Crippen LogP contribution in [0.4, 0.5) is 11.5 Å². The molecule has 3 rings (SSSR count). The molecule has 1 aliphatic heterocycles. The lowest BCUT2D eigenvalue weighted by Gasteiger charge is -2.29. The number of thiophene rings is 1. The van der Waals surface area contributed by atoms with Crippen molar-refractivity contribution in [3.8, 4) is 0 Å². The van der Waals surface area contributed by atoms with E-state index in [0.717, 1.165) is 30.2 Å². The Balaban J connectivity index is 1.70. The molecule has 0 bridgehead atoms. The zero-order valence-corrected chi connectivity index (χ0v) is 12.9. The van der Waals surface area contributed by atoms with E-state index in [2.05, 4.69) is 15.2 Å². The van der Waals surface area contributed by atoms with E-state index in [1.54, 1.807) is 23.6 Å². The van der Waals surface area contributed by atoms with E-state index in [1.165, 1.54) is 6.08 Å². The molecule has 114 valence electrons. The van der Waals surface area contributed by atoms with Crippen LogP contribution in [-0.2, 0) is 9.53 Å². The number of anilines is 2. The van der Waals surface area contributed by atoms with Crippen LogP contribution in [0.2, 0.25) is 0 Å². The lowest BCUT2D eigenvalue weighted by molar-refractivity contribution is -0.111. The standard InChI is InChI=1S/C16H17N3O2S/c20-15(4-3-13-5-11-22-12-13)18-14-2-1-6-17-16(14)19-7-9-21-10-8-19/h1-6,11-12H,7-10H2,(H,18,20)/b4-3+. The van der Waals surface area contributed by atoms with Crippen molar-refractivity contribution in [2.45, 2.75) is 0 Å². The average molecular weight is 315 g/mol. The van der Waals surface area contributed by atoms with Crippen LogP contribution >= 0.6 is 11.3 Å². The van der Waals surface area contributed by atoms with Gasteiger partial charge >= 0.3 is 0 Å². The zero-order chi connectivity index (χ0) is 15.2. The molecule has 5 nitrogen and oxygen atoms in total. The van der Waals surface area contributed by atoms with Gasteiger partial charge in [0.25, 0.3) is 0 Å². The molecule has 1 saturated heterocycles. The summed E-state index contributed by atoms with van der Waals surface area (Å²) in [4.78, 5) is 18.6. The van der Waals surface area contributed by atoms with Crippen molar-refractivity contribution in [3.63, 3.8) is 0 Å². The molecule has 6 heteroatoms. The number of amides is 1. The summed E-state index contributed by atoms with van der Waals surface area (Å²) in [6.45, 7) is 2.93. The molecular weight excluding hydrogens is 298 g/mol. The predicted molar refractivity (Wildman–Crippen MR) is 89.3 cm³/mol. The Morgan fingerprint density at radius 1 is 1.36 bits per heavy atom. The van der Waals surface area contributed by atoms with E-state index < -0.39 is 0 Å². The summed E-state index contributed by atoms with van der Waals surface area (Å²) in [5.74, 6) is 0.636. The Hall–Kier alpha value is -2.18. The van der Waals surface area contributed by atoms with Gasteiger partial charge in [0, 0.05) is 25.4 Å². The Bertz CT molecular complexity index is 649. The second-order valence-corrected chi connectivity index (χ2v) is 5.63. The Kier molecular flexibility index (Phi) is 4.82. The fourth-order valence-electron chi connectivity index (χ4n) is 2.24. The van der Waals surface area contributed by atoms with Crippen molar-refractivity contribution in [2.24, 2.45) is 0 Å². The van der Waals surface area contributed by atoms with Gasteiger partial charge in [0.05, 0.1) is 18.9 Å². The highest BCUT2D eigenvalue weighted by atomic mass is 32.1. The van der Waals surface area contributed by atoms with Gasteiger partial charge in [-0.15, -0.1) is 0 Å². The summed E-state index contributed by atoms with van der Waals surface area (Å²) in [5.41, 5.74) is 1.75. The maximum Gasteiger partial charge on any atom is 0.248 e. The van der Waals surface area contributed by atoms with Crippen LogP contribution in [0, 0.1) is 0 Å². The number of carbonyl (C=O) groups is 1. The lowest BCUT2D eigenvalue weighted by Crippen LogP contribution is -2.37. The van der Waals surface area contributed by atoms with Gasteiger partial charge < -0.3 is 15.0 Å². The molecule has 1 amide bonds. The molecule has 0 aliphatic carbocycles. The first-order chi connectivity index (χ1) is 10.8.